The van der Waals surface area contributed by atoms with Crippen molar-refractivity contribution in [2.75, 3.05) is 11.9 Å². The van der Waals surface area contributed by atoms with Gasteiger partial charge in [0.2, 0.25) is 15.5 Å². The van der Waals surface area contributed by atoms with Gasteiger partial charge in [0, 0.05) is 44.3 Å². The fourth-order valence-electron chi connectivity index (χ4n) is 4.79. The van der Waals surface area contributed by atoms with Crippen LogP contribution in [0, 0.1) is 32.4 Å². The lowest BCUT2D eigenvalue weighted by atomic mass is 10.1. The van der Waals surface area contributed by atoms with E-state index in [0.29, 0.717) is 11.1 Å². The first-order chi connectivity index (χ1) is 19.7. The summed E-state index contributed by atoms with van der Waals surface area (Å²) in [6, 6.07) is 2.30. The molecule has 0 spiro atoms. The van der Waals surface area contributed by atoms with Crippen molar-refractivity contribution >= 4 is 38.8 Å². The Kier molecular flexibility index (Phi) is 8.45. The third kappa shape index (κ3) is 6.01. The number of hydrogen-bond acceptors (Lipinski definition) is 7. The third-order valence-corrected chi connectivity index (χ3v) is 8.34. The van der Waals surface area contributed by atoms with Gasteiger partial charge in [-0.15, -0.1) is 0 Å². The summed E-state index contributed by atoms with van der Waals surface area (Å²) in [5.41, 5.74) is -0.496. The van der Waals surface area contributed by atoms with Crippen LogP contribution in [-0.4, -0.2) is 52.5 Å². The molecule has 2 aromatic heterocycles. The van der Waals surface area contributed by atoms with E-state index >= 15 is 4.39 Å². The molecule has 0 aliphatic carbocycles. The van der Waals surface area contributed by atoms with Gasteiger partial charge in [0.05, 0.1) is 15.8 Å². The lowest BCUT2D eigenvalue weighted by Crippen LogP contribution is -2.49. The summed E-state index contributed by atoms with van der Waals surface area (Å²) in [7, 11) is -2.96. The highest BCUT2D eigenvalue weighted by Crippen LogP contribution is 2.24. The molecule has 0 saturated heterocycles. The number of imidazole rings is 1. The molecule has 12 nitrogen and oxygen atoms in total. The van der Waals surface area contributed by atoms with Crippen LogP contribution in [0.4, 0.5) is 14.7 Å². The molecule has 1 atom stereocenters. The van der Waals surface area contributed by atoms with E-state index in [2.05, 4.69) is 25.3 Å². The first kappa shape index (κ1) is 30.3. The number of aliphatic carboxylic acids is 1. The number of nitrogens with one attached hydrogen (secondary N) is 4. The lowest BCUT2D eigenvalue weighted by molar-refractivity contribution is -0.138. The van der Waals surface area contributed by atoms with E-state index in [1.165, 1.54) is 19.4 Å². The Morgan fingerprint density at radius 3 is 2.40 bits per heavy atom. The number of nitrogens with zero attached hydrogens (tertiary/aromatic N) is 2. The van der Waals surface area contributed by atoms with Crippen LogP contribution in [0.5, 0.6) is 0 Å². The summed E-state index contributed by atoms with van der Waals surface area (Å²) < 4.78 is 59.5. The molecule has 4 aromatic rings. The summed E-state index contributed by atoms with van der Waals surface area (Å²) >= 11 is 0. The Balaban J connectivity index is 1.58. The van der Waals surface area contributed by atoms with Gasteiger partial charge in [-0.3, -0.25) is 14.4 Å². The van der Waals surface area contributed by atoms with Crippen LogP contribution < -0.4 is 20.8 Å². The highest BCUT2D eigenvalue weighted by molar-refractivity contribution is 7.89. The van der Waals surface area contributed by atoms with Gasteiger partial charge in [0.1, 0.15) is 17.4 Å². The number of hydrogen-bond donors (Lipinski definition) is 5. The number of amides is 1. The van der Waals surface area contributed by atoms with Crippen LogP contribution in [-0.2, 0) is 28.4 Å². The fraction of sp³-hybridized carbons (Fsp3) is 0.259. The second-order valence-corrected chi connectivity index (χ2v) is 11.4. The number of rotatable bonds is 10. The van der Waals surface area contributed by atoms with E-state index in [0.717, 1.165) is 22.4 Å². The number of fused-ring (bicyclic) bond motifs is 1. The highest BCUT2D eigenvalue weighted by Gasteiger charge is 2.29. The molecule has 4 rings (SSSR count). The number of anilines is 1. The predicted octanol–water partition coefficient (Wildman–Crippen LogP) is 2.24. The van der Waals surface area contributed by atoms with E-state index in [9.17, 15) is 32.3 Å². The Bertz CT molecular complexity index is 1850. The number of aryl methyl sites for hydroxylation is 4. The van der Waals surface area contributed by atoms with Gasteiger partial charge in [-0.25, -0.2) is 22.2 Å². The van der Waals surface area contributed by atoms with Crippen molar-refractivity contribution in [3.8, 4) is 0 Å². The van der Waals surface area contributed by atoms with Crippen LogP contribution in [0.1, 0.15) is 32.6 Å². The van der Waals surface area contributed by atoms with Gasteiger partial charge in [-0.2, -0.15) is 4.72 Å². The number of carboxylic acids is 1. The number of halogens is 2. The monoisotopic (exact) mass is 602 g/mol. The highest BCUT2D eigenvalue weighted by atomic mass is 32.2. The van der Waals surface area contributed by atoms with Crippen molar-refractivity contribution < 1.29 is 31.9 Å². The Labute approximate surface area is 238 Å². The average Bonchev–Trinajstić information content (AvgIpc) is 3.40. The molecule has 1 amide bonds. The topological polar surface area (TPSA) is 175 Å². The van der Waals surface area contributed by atoms with Crippen molar-refractivity contribution in [3.05, 3.63) is 86.5 Å². The first-order valence-electron chi connectivity index (χ1n) is 12.6. The lowest BCUT2D eigenvalue weighted by Gasteiger charge is -2.18. The summed E-state index contributed by atoms with van der Waals surface area (Å²) in [5.74, 6) is -4.41. The van der Waals surface area contributed by atoms with Crippen LogP contribution in [0.15, 0.2) is 46.5 Å². The average molecular weight is 603 g/mol. The smallest absolute Gasteiger partial charge is 0.323 e. The largest absolute Gasteiger partial charge is 0.480 e. The number of pyridine rings is 1. The number of carbonyl (C=O) groups is 2. The molecule has 0 saturated carbocycles. The zero-order valence-corrected chi connectivity index (χ0v) is 23.8. The minimum Gasteiger partial charge on any atom is -0.480 e. The number of aromatic amines is 1. The number of aromatic nitrogens is 3. The number of sulfonamides is 1. The van der Waals surface area contributed by atoms with Gasteiger partial charge >= 0.3 is 5.97 Å². The van der Waals surface area contributed by atoms with Gasteiger partial charge in [-0.1, -0.05) is 17.7 Å². The van der Waals surface area contributed by atoms with Crippen LogP contribution >= 0.6 is 0 Å². The number of H-pyrrole nitrogens is 1. The molecule has 42 heavy (non-hydrogen) atoms. The zero-order chi connectivity index (χ0) is 30.9. The van der Waals surface area contributed by atoms with E-state index in [1.807, 2.05) is 0 Å². The van der Waals surface area contributed by atoms with Crippen molar-refractivity contribution in [1.82, 2.24) is 24.6 Å². The molecule has 0 bridgehead atoms. The first-order valence-corrected chi connectivity index (χ1v) is 14.0. The summed E-state index contributed by atoms with van der Waals surface area (Å²) in [4.78, 5) is 44.5. The van der Waals surface area contributed by atoms with E-state index in [-0.39, 0.29) is 28.5 Å². The molecule has 5 N–H and O–H groups in total. The standard InChI is InChI=1S/C27H28F2N6O6S/c1-13-7-14(2)24(15(3)8-13)42(40,41)34-20(26(38)39)11-32-25(37)18-12-35(4)22-16(23(18)36)9-19(28)17(21(22)29)10-33-27-30-5-6-31-27/h5-9,12,20,34H,10-11H2,1-4H3,(H,32,37)(H,38,39)(H2,30,31,33). The fourth-order valence-corrected chi connectivity index (χ4v) is 6.43. The molecule has 1 unspecified atom stereocenters. The van der Waals surface area contributed by atoms with E-state index < -0.39 is 62.5 Å². The number of carbonyl (C=O) groups excluding carboxylic acids is 1. The van der Waals surface area contributed by atoms with Gasteiger partial charge in [0.15, 0.2) is 11.8 Å². The maximum absolute atomic E-state index is 15.4. The Morgan fingerprint density at radius 2 is 1.81 bits per heavy atom. The normalized spacial score (nSPS) is 12.3. The molecule has 15 heteroatoms. The maximum atomic E-state index is 15.4. The van der Waals surface area contributed by atoms with Crippen molar-refractivity contribution in [1.29, 1.82) is 0 Å². The second-order valence-electron chi connectivity index (χ2n) is 9.77. The Morgan fingerprint density at radius 1 is 1.14 bits per heavy atom. The SMILES string of the molecule is Cc1cc(C)c(S(=O)(=O)NC(CNC(=O)c2cn(C)c3c(F)c(CNc4ncc[nH]4)c(F)cc3c2=O)C(=O)O)c(C)c1. The van der Waals surface area contributed by atoms with Crippen LogP contribution in [0.25, 0.3) is 10.9 Å². The molecular weight excluding hydrogens is 574 g/mol. The van der Waals surface area contributed by atoms with Crippen LogP contribution in [0.2, 0.25) is 0 Å². The van der Waals surface area contributed by atoms with Gasteiger partial charge < -0.3 is 25.3 Å². The van der Waals surface area contributed by atoms with E-state index in [1.54, 1.807) is 32.9 Å². The number of carboxylic acid groups (broad SMARTS) is 1. The minimum atomic E-state index is -4.31. The molecule has 0 aliphatic heterocycles. The van der Waals surface area contributed by atoms with Crippen molar-refractivity contribution in [2.24, 2.45) is 7.05 Å². The van der Waals surface area contributed by atoms with Crippen molar-refractivity contribution in [3.63, 3.8) is 0 Å². The minimum absolute atomic E-state index is 0.0862. The summed E-state index contributed by atoms with van der Waals surface area (Å²) in [6.07, 6.45) is 4.00. The van der Waals surface area contributed by atoms with E-state index in [4.69, 9.17) is 0 Å². The summed E-state index contributed by atoms with van der Waals surface area (Å²) in [5, 5.41) is 14.2. The molecule has 0 fully saturated rings. The quantitative estimate of drug-likeness (QED) is 0.184. The van der Waals surface area contributed by atoms with Crippen molar-refractivity contribution in [2.45, 2.75) is 38.3 Å². The van der Waals surface area contributed by atoms with Gasteiger partial charge in [-0.05, 0) is 38.0 Å². The molecule has 2 heterocycles. The summed E-state index contributed by atoms with van der Waals surface area (Å²) in [6.45, 7) is 3.93. The zero-order valence-electron chi connectivity index (χ0n) is 23.0. The third-order valence-electron chi connectivity index (χ3n) is 6.56. The molecule has 2 aromatic carbocycles. The maximum Gasteiger partial charge on any atom is 0.323 e. The predicted molar refractivity (Wildman–Crippen MR) is 150 cm³/mol. The Hall–Kier alpha value is -4.63. The number of benzene rings is 2. The molecular formula is C27H28F2N6O6S. The molecule has 0 radical (unpaired) electrons. The van der Waals surface area contributed by atoms with Crippen LogP contribution in [0.3, 0.4) is 0 Å². The second kappa shape index (κ2) is 11.7. The van der Waals surface area contributed by atoms with Gasteiger partial charge in [0.25, 0.3) is 5.91 Å². The molecule has 0 aliphatic rings. The molecule has 222 valence electrons.